The van der Waals surface area contributed by atoms with Crippen LogP contribution in [-0.2, 0) is 28.7 Å². The fourth-order valence-electron chi connectivity index (χ4n) is 4.23. The van der Waals surface area contributed by atoms with Gasteiger partial charge in [0.1, 0.15) is 17.2 Å². The highest BCUT2D eigenvalue weighted by atomic mass is 16.5. The fraction of sp³-hybridized carbons (Fsp3) is 0.250. The van der Waals surface area contributed by atoms with Crippen molar-refractivity contribution in [3.05, 3.63) is 121 Å². The Labute approximate surface area is 293 Å². The van der Waals surface area contributed by atoms with E-state index in [1.54, 1.807) is 36.4 Å². The highest BCUT2D eigenvalue weighted by Gasteiger charge is 2.04. The van der Waals surface area contributed by atoms with Crippen molar-refractivity contribution in [2.24, 2.45) is 0 Å². The van der Waals surface area contributed by atoms with Gasteiger partial charge >= 0.3 is 17.9 Å². The molecule has 262 valence electrons. The number of hydrogen-bond donors (Lipinski definition) is 1. The molecule has 10 heteroatoms. The third-order valence-electron chi connectivity index (χ3n) is 6.88. The Balaban J connectivity index is 1.31. The van der Waals surface area contributed by atoms with Crippen LogP contribution in [0.3, 0.4) is 0 Å². The van der Waals surface area contributed by atoms with Crippen LogP contribution < -0.4 is 19.5 Å². The number of rotatable bonds is 22. The Morgan fingerprint density at radius 1 is 0.520 bits per heavy atom. The van der Waals surface area contributed by atoms with Gasteiger partial charge in [0.05, 0.1) is 26.4 Å². The van der Waals surface area contributed by atoms with Crippen LogP contribution in [0.2, 0.25) is 0 Å². The molecule has 50 heavy (non-hydrogen) atoms. The van der Waals surface area contributed by atoms with E-state index in [9.17, 15) is 19.2 Å². The van der Waals surface area contributed by atoms with E-state index in [0.717, 1.165) is 73.3 Å². The number of ether oxygens (including phenoxy) is 5. The van der Waals surface area contributed by atoms with Gasteiger partial charge in [-0.25, -0.2) is 14.4 Å². The molecule has 0 fully saturated rings. The molecule has 0 radical (unpaired) electrons. The summed E-state index contributed by atoms with van der Waals surface area (Å²) in [5.74, 6) is 0.119. The lowest BCUT2D eigenvalue weighted by Crippen LogP contribution is -2.08. The Hall–Kier alpha value is -5.90. The smallest absolute Gasteiger partial charge is 0.336 e. The normalized spacial score (nSPS) is 10.7. The molecule has 3 aromatic carbocycles. The van der Waals surface area contributed by atoms with Crippen LogP contribution in [0.25, 0.3) is 12.2 Å². The summed E-state index contributed by atoms with van der Waals surface area (Å²) in [4.78, 5) is 46.7. The van der Waals surface area contributed by atoms with E-state index in [1.807, 2.05) is 48.5 Å². The number of amides is 1. The van der Waals surface area contributed by atoms with Gasteiger partial charge in [-0.2, -0.15) is 0 Å². The second-order valence-electron chi connectivity index (χ2n) is 10.8. The zero-order valence-electron chi connectivity index (χ0n) is 28.1. The van der Waals surface area contributed by atoms with Gasteiger partial charge in [0.25, 0.3) is 0 Å². The maximum Gasteiger partial charge on any atom is 0.336 e. The lowest BCUT2D eigenvalue weighted by Gasteiger charge is -2.07. The van der Waals surface area contributed by atoms with Gasteiger partial charge in [-0.3, -0.25) is 4.79 Å². The molecule has 0 heterocycles. The average Bonchev–Trinajstić information content (AvgIpc) is 3.13. The van der Waals surface area contributed by atoms with E-state index in [0.29, 0.717) is 37.9 Å². The zero-order valence-corrected chi connectivity index (χ0v) is 28.1. The van der Waals surface area contributed by atoms with Crippen LogP contribution in [-0.4, -0.2) is 50.2 Å². The zero-order chi connectivity index (χ0) is 35.8. The number of carbonyl (C=O) groups excluding carboxylic acids is 4. The number of hydrogen-bond acceptors (Lipinski definition) is 9. The first kappa shape index (κ1) is 38.5. The number of unbranched alkanes of at least 4 members (excludes halogenated alkanes) is 4. The number of carbonyl (C=O) groups is 4. The summed E-state index contributed by atoms with van der Waals surface area (Å²) in [6, 6.07) is 21.2. The fourth-order valence-corrected chi connectivity index (χ4v) is 4.23. The maximum absolute atomic E-state index is 12.4. The summed E-state index contributed by atoms with van der Waals surface area (Å²) in [6.07, 6.45) is 13.4. The minimum absolute atomic E-state index is 0.308. The lowest BCUT2D eigenvalue weighted by molar-refractivity contribution is -0.138. The molecule has 0 bridgehead atoms. The molecule has 0 saturated heterocycles. The molecular weight excluding hydrogens is 638 g/mol. The highest BCUT2D eigenvalue weighted by molar-refractivity contribution is 6.02. The van der Waals surface area contributed by atoms with Crippen LogP contribution in [0.1, 0.15) is 49.7 Å². The lowest BCUT2D eigenvalue weighted by atomic mass is 10.2. The molecule has 0 aliphatic carbocycles. The minimum atomic E-state index is -0.538. The van der Waals surface area contributed by atoms with Crippen molar-refractivity contribution in [3.63, 3.8) is 0 Å². The van der Waals surface area contributed by atoms with Crippen molar-refractivity contribution in [1.82, 2.24) is 0 Å². The summed E-state index contributed by atoms with van der Waals surface area (Å²) < 4.78 is 26.7. The standard InChI is InChI=1S/C40H43NO9/c1-3-38(43)48-29-9-5-7-27-46-34-19-11-31(12-20-34)15-25-37(42)41-33-17-23-36(24-18-33)50-40(45)26-16-32-13-21-35(22-14-32)47-28-8-6-10-30-49-39(44)4-2/h3-4,11-26H,1-2,5-10,27-30H2,(H,41,42). The second-order valence-corrected chi connectivity index (χ2v) is 10.8. The first-order valence-electron chi connectivity index (χ1n) is 16.4. The van der Waals surface area contributed by atoms with Crippen LogP contribution >= 0.6 is 0 Å². The molecular formula is C40H43NO9. The van der Waals surface area contributed by atoms with Gasteiger partial charge in [0, 0.05) is 30.0 Å². The molecule has 0 aromatic heterocycles. The molecule has 0 spiro atoms. The molecule has 0 saturated carbocycles. The van der Waals surface area contributed by atoms with Crippen molar-refractivity contribution in [2.75, 3.05) is 31.7 Å². The van der Waals surface area contributed by atoms with Crippen molar-refractivity contribution < 1.29 is 42.9 Å². The third-order valence-corrected chi connectivity index (χ3v) is 6.88. The molecule has 1 amide bonds. The molecule has 3 aromatic rings. The monoisotopic (exact) mass is 681 g/mol. The van der Waals surface area contributed by atoms with Crippen LogP contribution in [0.4, 0.5) is 5.69 Å². The van der Waals surface area contributed by atoms with Crippen molar-refractivity contribution in [1.29, 1.82) is 0 Å². The number of esters is 3. The first-order chi connectivity index (χ1) is 24.3. The predicted molar refractivity (Wildman–Crippen MR) is 193 cm³/mol. The predicted octanol–water partition coefficient (Wildman–Crippen LogP) is 7.51. The SMILES string of the molecule is C=CC(=O)OCCCCCOc1ccc(C=CC(=O)Nc2ccc(OC(=O)C=Cc3ccc(OCCCCCOC(=O)C=C)cc3)cc2)cc1. The van der Waals surface area contributed by atoms with Gasteiger partial charge in [-0.05, 0) is 110 Å². The molecule has 0 unspecified atom stereocenters. The van der Waals surface area contributed by atoms with E-state index < -0.39 is 17.9 Å². The van der Waals surface area contributed by atoms with Crippen molar-refractivity contribution >= 4 is 41.7 Å². The summed E-state index contributed by atoms with van der Waals surface area (Å²) >= 11 is 0. The number of anilines is 1. The quantitative estimate of drug-likeness (QED) is 0.0496. The summed E-state index contributed by atoms with van der Waals surface area (Å²) in [5, 5.41) is 2.78. The summed E-state index contributed by atoms with van der Waals surface area (Å²) in [7, 11) is 0. The van der Waals surface area contributed by atoms with E-state index in [4.69, 9.17) is 23.7 Å². The van der Waals surface area contributed by atoms with Crippen molar-refractivity contribution in [2.45, 2.75) is 38.5 Å². The topological polar surface area (TPSA) is 126 Å². The Kier molecular flexibility index (Phi) is 17.4. The molecule has 3 rings (SSSR count). The van der Waals surface area contributed by atoms with Gasteiger partial charge in [-0.1, -0.05) is 37.4 Å². The Morgan fingerprint density at radius 3 is 1.44 bits per heavy atom. The largest absolute Gasteiger partial charge is 0.494 e. The molecule has 0 aliphatic heterocycles. The van der Waals surface area contributed by atoms with E-state index in [2.05, 4.69) is 18.5 Å². The molecule has 0 aliphatic rings. The van der Waals surface area contributed by atoms with E-state index in [1.165, 1.54) is 12.2 Å². The minimum Gasteiger partial charge on any atom is -0.494 e. The van der Waals surface area contributed by atoms with Crippen LogP contribution in [0.15, 0.2) is 110 Å². The maximum atomic E-state index is 12.4. The third kappa shape index (κ3) is 16.3. The second kappa shape index (κ2) is 22.6. The number of benzene rings is 3. The number of nitrogens with one attached hydrogen (secondary N) is 1. The molecule has 0 atom stereocenters. The van der Waals surface area contributed by atoms with Gasteiger partial charge in [-0.15, -0.1) is 0 Å². The van der Waals surface area contributed by atoms with Gasteiger partial charge in [0.15, 0.2) is 0 Å². The van der Waals surface area contributed by atoms with E-state index >= 15 is 0 Å². The average molecular weight is 682 g/mol. The molecule has 1 N–H and O–H groups in total. The summed E-state index contributed by atoms with van der Waals surface area (Å²) in [6.45, 7) is 8.56. The van der Waals surface area contributed by atoms with E-state index in [-0.39, 0.29) is 5.91 Å². The van der Waals surface area contributed by atoms with Crippen molar-refractivity contribution in [3.8, 4) is 17.2 Å². The highest BCUT2D eigenvalue weighted by Crippen LogP contribution is 2.18. The first-order valence-corrected chi connectivity index (χ1v) is 16.4. The van der Waals surface area contributed by atoms with Gasteiger partial charge < -0.3 is 29.0 Å². The Morgan fingerprint density at radius 2 is 0.960 bits per heavy atom. The van der Waals surface area contributed by atoms with Gasteiger partial charge in [0.2, 0.25) is 5.91 Å². The Bertz CT molecular complexity index is 1470. The van der Waals surface area contributed by atoms with Crippen LogP contribution in [0, 0.1) is 0 Å². The summed E-state index contributed by atoms with van der Waals surface area (Å²) in [5.41, 5.74) is 2.20. The molecule has 10 nitrogen and oxygen atoms in total. The van der Waals surface area contributed by atoms with Crippen LogP contribution in [0.5, 0.6) is 17.2 Å².